The largest absolute Gasteiger partial charge is 0.390 e. The van der Waals surface area contributed by atoms with Crippen LogP contribution in [-0.2, 0) is 10.0 Å². The van der Waals surface area contributed by atoms with E-state index in [1.807, 2.05) is 31.2 Å². The number of benzene rings is 1. The molecule has 1 aliphatic carbocycles. The average Bonchev–Trinajstić information content (AvgIpc) is 2.56. The van der Waals surface area contributed by atoms with E-state index in [0.717, 1.165) is 17.4 Å². The topological polar surface area (TPSA) is 86.6 Å². The fourth-order valence-electron chi connectivity index (χ4n) is 2.75. The summed E-state index contributed by atoms with van der Waals surface area (Å²) in [6.45, 7) is 1.93. The maximum atomic E-state index is 11.4. The van der Waals surface area contributed by atoms with Crippen LogP contribution in [0.4, 0.5) is 0 Å². The van der Waals surface area contributed by atoms with Crippen molar-refractivity contribution in [2.45, 2.75) is 37.5 Å². The number of rotatable bonds is 3. The van der Waals surface area contributed by atoms with Gasteiger partial charge in [-0.15, -0.1) is 0 Å². The smallest absolute Gasteiger partial charge is 0.209 e. The molecule has 1 aromatic carbocycles. The predicted octanol–water partition coefficient (Wildman–Crippen LogP) is 0.122. The van der Waals surface area contributed by atoms with Crippen LogP contribution in [0.15, 0.2) is 24.3 Å². The molecule has 0 bridgehead atoms. The van der Waals surface area contributed by atoms with E-state index in [9.17, 15) is 18.6 Å². The summed E-state index contributed by atoms with van der Waals surface area (Å²) in [4.78, 5) is 0. The molecule has 6 heteroatoms. The van der Waals surface area contributed by atoms with Crippen molar-refractivity contribution in [3.8, 4) is 0 Å². The molecule has 0 aliphatic heterocycles. The van der Waals surface area contributed by atoms with Gasteiger partial charge in [0.15, 0.2) is 0 Å². The van der Waals surface area contributed by atoms with Crippen molar-refractivity contribution in [2.75, 3.05) is 6.26 Å². The van der Waals surface area contributed by atoms with Gasteiger partial charge in [0.25, 0.3) is 0 Å². The van der Waals surface area contributed by atoms with E-state index >= 15 is 0 Å². The fraction of sp³-hybridized carbons (Fsp3) is 0.538. The summed E-state index contributed by atoms with van der Waals surface area (Å²) in [6.07, 6.45) is -0.596. The van der Waals surface area contributed by atoms with Crippen molar-refractivity contribution in [1.82, 2.24) is 4.72 Å². The van der Waals surface area contributed by atoms with Gasteiger partial charge in [-0.3, -0.25) is 0 Å². The molecule has 5 nitrogen and oxygen atoms in total. The maximum Gasteiger partial charge on any atom is 0.209 e. The van der Waals surface area contributed by atoms with Crippen molar-refractivity contribution in [2.24, 2.45) is 0 Å². The van der Waals surface area contributed by atoms with Crippen LogP contribution in [-0.4, -0.2) is 43.1 Å². The minimum Gasteiger partial charge on any atom is -0.390 e. The van der Waals surface area contributed by atoms with Crippen molar-refractivity contribution in [3.63, 3.8) is 0 Å². The molecule has 0 unspecified atom stereocenters. The quantitative estimate of drug-likeness (QED) is 0.736. The monoisotopic (exact) mass is 285 g/mol. The summed E-state index contributed by atoms with van der Waals surface area (Å²) in [5.41, 5.74) is 1.98. The molecule has 0 saturated heterocycles. The molecule has 0 spiro atoms. The molecule has 106 valence electrons. The maximum absolute atomic E-state index is 11.4. The molecule has 1 fully saturated rings. The molecule has 0 heterocycles. The van der Waals surface area contributed by atoms with Crippen molar-refractivity contribution >= 4 is 10.0 Å². The highest BCUT2D eigenvalue weighted by molar-refractivity contribution is 7.88. The molecule has 1 aliphatic rings. The molecule has 0 amide bonds. The zero-order valence-electron chi connectivity index (χ0n) is 10.9. The first-order chi connectivity index (χ1) is 8.79. The van der Waals surface area contributed by atoms with Crippen molar-refractivity contribution in [3.05, 3.63) is 35.4 Å². The Hall–Kier alpha value is -0.950. The second-order valence-electron chi connectivity index (χ2n) is 5.17. The summed E-state index contributed by atoms with van der Waals surface area (Å²) in [5.74, 6) is -0.221. The van der Waals surface area contributed by atoms with Crippen LogP contribution in [0, 0.1) is 6.92 Å². The summed E-state index contributed by atoms with van der Waals surface area (Å²) < 4.78 is 25.2. The standard InChI is InChI=1S/C13H19NO4S/c1-8-5-3-4-6-9(8)10-7-11(15)13(16)12(10)14-19(2,17)18/h3-6,10-16H,7H2,1-2H3/t10-,11-,12-,13-/m1/s1. The van der Waals surface area contributed by atoms with E-state index in [0.29, 0.717) is 6.42 Å². The van der Waals surface area contributed by atoms with Gasteiger partial charge in [0.05, 0.1) is 24.5 Å². The third-order valence-corrected chi connectivity index (χ3v) is 4.33. The normalized spacial score (nSPS) is 31.6. The summed E-state index contributed by atoms with van der Waals surface area (Å²) >= 11 is 0. The highest BCUT2D eigenvalue weighted by atomic mass is 32.2. The number of aliphatic hydroxyl groups is 2. The van der Waals surface area contributed by atoms with Crippen LogP contribution in [0.5, 0.6) is 0 Å². The van der Waals surface area contributed by atoms with E-state index in [-0.39, 0.29) is 5.92 Å². The van der Waals surface area contributed by atoms with Crippen LogP contribution < -0.4 is 4.72 Å². The lowest BCUT2D eigenvalue weighted by Crippen LogP contribution is -2.44. The molecule has 0 aromatic heterocycles. The lowest BCUT2D eigenvalue weighted by Gasteiger charge is -2.23. The zero-order chi connectivity index (χ0) is 14.2. The highest BCUT2D eigenvalue weighted by Gasteiger charge is 2.43. The zero-order valence-corrected chi connectivity index (χ0v) is 11.8. The van der Waals surface area contributed by atoms with Crippen LogP contribution in [0.25, 0.3) is 0 Å². The number of aliphatic hydroxyl groups excluding tert-OH is 2. The summed E-state index contributed by atoms with van der Waals surface area (Å²) in [5, 5.41) is 19.8. The Labute approximate surface area is 113 Å². The van der Waals surface area contributed by atoms with E-state index in [1.165, 1.54) is 0 Å². The molecule has 1 saturated carbocycles. The van der Waals surface area contributed by atoms with Gasteiger partial charge in [-0.25, -0.2) is 13.1 Å². The lowest BCUT2D eigenvalue weighted by molar-refractivity contribution is 0.0338. The molecule has 4 atom stereocenters. The Bertz CT molecular complexity index is 558. The first-order valence-corrected chi connectivity index (χ1v) is 8.07. The Morgan fingerprint density at radius 3 is 2.47 bits per heavy atom. The van der Waals surface area contributed by atoms with Gasteiger partial charge < -0.3 is 10.2 Å². The third kappa shape index (κ3) is 3.14. The predicted molar refractivity (Wildman–Crippen MR) is 72.3 cm³/mol. The Kier molecular flexibility index (Phi) is 3.96. The molecule has 2 rings (SSSR count). The van der Waals surface area contributed by atoms with Crippen LogP contribution in [0.2, 0.25) is 0 Å². The minimum absolute atomic E-state index is 0.221. The molecule has 0 radical (unpaired) electrons. The highest BCUT2D eigenvalue weighted by Crippen LogP contribution is 2.36. The lowest BCUT2D eigenvalue weighted by atomic mass is 9.91. The Morgan fingerprint density at radius 1 is 1.26 bits per heavy atom. The van der Waals surface area contributed by atoms with Crippen molar-refractivity contribution < 1.29 is 18.6 Å². The first-order valence-electron chi connectivity index (χ1n) is 6.18. The van der Waals surface area contributed by atoms with Gasteiger partial charge in [0, 0.05) is 5.92 Å². The summed E-state index contributed by atoms with van der Waals surface area (Å²) in [7, 11) is -3.44. The second kappa shape index (κ2) is 5.20. The van der Waals surface area contributed by atoms with Crippen LogP contribution in [0.3, 0.4) is 0 Å². The average molecular weight is 285 g/mol. The molecule has 1 aromatic rings. The van der Waals surface area contributed by atoms with Gasteiger partial charge in [-0.05, 0) is 24.5 Å². The van der Waals surface area contributed by atoms with Gasteiger partial charge in [0.2, 0.25) is 10.0 Å². The molecule has 3 N–H and O–H groups in total. The number of hydrogen-bond donors (Lipinski definition) is 3. The van der Waals surface area contributed by atoms with E-state index in [4.69, 9.17) is 0 Å². The number of aryl methyl sites for hydroxylation is 1. The summed E-state index contributed by atoms with van der Waals surface area (Å²) in [6, 6.07) is 6.92. The molecular formula is C13H19NO4S. The number of nitrogens with one attached hydrogen (secondary N) is 1. The number of hydrogen-bond acceptors (Lipinski definition) is 4. The van der Waals surface area contributed by atoms with Crippen LogP contribution in [0.1, 0.15) is 23.5 Å². The van der Waals surface area contributed by atoms with Gasteiger partial charge in [0.1, 0.15) is 0 Å². The third-order valence-electron chi connectivity index (χ3n) is 3.63. The van der Waals surface area contributed by atoms with E-state index in [2.05, 4.69) is 4.72 Å². The Morgan fingerprint density at radius 2 is 1.89 bits per heavy atom. The Balaban J connectivity index is 2.35. The SMILES string of the molecule is Cc1ccccc1[C@H]1C[C@@H](O)[C@@H](O)[C@@H]1NS(C)(=O)=O. The minimum atomic E-state index is -3.44. The van der Waals surface area contributed by atoms with Crippen LogP contribution >= 0.6 is 0 Å². The fourth-order valence-corrected chi connectivity index (χ4v) is 3.54. The molecular weight excluding hydrogens is 266 g/mol. The first kappa shape index (κ1) is 14.5. The van der Waals surface area contributed by atoms with E-state index in [1.54, 1.807) is 0 Å². The number of sulfonamides is 1. The van der Waals surface area contributed by atoms with Gasteiger partial charge in [-0.2, -0.15) is 0 Å². The van der Waals surface area contributed by atoms with Gasteiger partial charge >= 0.3 is 0 Å². The van der Waals surface area contributed by atoms with E-state index < -0.39 is 28.3 Å². The second-order valence-corrected chi connectivity index (χ2v) is 6.95. The van der Waals surface area contributed by atoms with Crippen molar-refractivity contribution in [1.29, 1.82) is 0 Å². The molecule has 19 heavy (non-hydrogen) atoms. The van der Waals surface area contributed by atoms with Gasteiger partial charge in [-0.1, -0.05) is 24.3 Å².